The molecule has 16 heavy (non-hydrogen) atoms. The number of nitrogens with two attached hydrogens (primary N) is 1. The Kier molecular flexibility index (Phi) is 5.08. The third kappa shape index (κ3) is 3.38. The summed E-state index contributed by atoms with van der Waals surface area (Å²) < 4.78 is 0.753. The van der Waals surface area contributed by atoms with Crippen LogP contribution in [0.2, 0.25) is 0 Å². The molecule has 6 heteroatoms. The molecule has 0 atom stereocenters. The molecule has 1 aromatic rings. The van der Waals surface area contributed by atoms with Crippen molar-refractivity contribution >= 4 is 39.4 Å². The molecule has 2 N–H and O–H groups in total. The number of amides is 1. The van der Waals surface area contributed by atoms with Crippen LogP contribution in [0, 0.1) is 0 Å². The standard InChI is InChI=1S/C10H14BrN3OS/c1-14(3-4-16-2)10(15)8-5-7(11)6-13-9(8)12/h5-6H,3-4H2,1-2H3,(H2,12,13). The van der Waals surface area contributed by atoms with Gasteiger partial charge in [0.05, 0.1) is 5.56 Å². The van der Waals surface area contributed by atoms with Gasteiger partial charge in [0.1, 0.15) is 5.82 Å². The maximum atomic E-state index is 12.0. The first-order chi connectivity index (χ1) is 7.56. The third-order valence-corrected chi connectivity index (χ3v) is 3.12. The topological polar surface area (TPSA) is 59.2 Å². The molecule has 1 rings (SSSR count). The van der Waals surface area contributed by atoms with E-state index in [0.717, 1.165) is 10.2 Å². The smallest absolute Gasteiger partial charge is 0.257 e. The summed E-state index contributed by atoms with van der Waals surface area (Å²) in [5, 5.41) is 0. The molecule has 0 aromatic carbocycles. The summed E-state index contributed by atoms with van der Waals surface area (Å²) in [5.41, 5.74) is 6.11. The molecule has 0 unspecified atom stereocenters. The Hall–Kier alpha value is -0.750. The van der Waals surface area contributed by atoms with Gasteiger partial charge in [-0.15, -0.1) is 0 Å². The fraction of sp³-hybridized carbons (Fsp3) is 0.400. The highest BCUT2D eigenvalue weighted by molar-refractivity contribution is 9.10. The Labute approximate surface area is 108 Å². The quantitative estimate of drug-likeness (QED) is 0.922. The number of hydrogen-bond donors (Lipinski definition) is 1. The number of pyridine rings is 1. The number of anilines is 1. The number of carbonyl (C=O) groups excluding carboxylic acids is 1. The van der Waals surface area contributed by atoms with Crippen LogP contribution in [-0.4, -0.2) is 41.4 Å². The minimum atomic E-state index is -0.0969. The summed E-state index contributed by atoms with van der Waals surface area (Å²) in [4.78, 5) is 17.6. The van der Waals surface area contributed by atoms with Crippen LogP contribution in [0.4, 0.5) is 5.82 Å². The second kappa shape index (κ2) is 6.10. The van der Waals surface area contributed by atoms with Crippen molar-refractivity contribution in [3.8, 4) is 0 Å². The molecule has 0 aliphatic carbocycles. The van der Waals surface area contributed by atoms with Crippen molar-refractivity contribution in [1.82, 2.24) is 9.88 Å². The van der Waals surface area contributed by atoms with E-state index in [1.54, 1.807) is 36.0 Å². The molecule has 0 aliphatic heterocycles. The number of nitrogens with zero attached hydrogens (tertiary/aromatic N) is 2. The molecule has 88 valence electrons. The predicted molar refractivity (Wildman–Crippen MR) is 71.7 cm³/mol. The summed E-state index contributed by atoms with van der Waals surface area (Å²) in [6.07, 6.45) is 3.58. The first kappa shape index (κ1) is 13.3. The fourth-order valence-electron chi connectivity index (χ4n) is 1.16. The zero-order valence-corrected chi connectivity index (χ0v) is 11.6. The maximum absolute atomic E-state index is 12.0. The van der Waals surface area contributed by atoms with Gasteiger partial charge < -0.3 is 10.6 Å². The zero-order chi connectivity index (χ0) is 12.1. The molecule has 1 amide bonds. The van der Waals surface area contributed by atoms with E-state index in [1.165, 1.54) is 0 Å². The lowest BCUT2D eigenvalue weighted by Gasteiger charge is -2.17. The lowest BCUT2D eigenvalue weighted by atomic mass is 10.2. The van der Waals surface area contributed by atoms with Crippen LogP contribution in [0.1, 0.15) is 10.4 Å². The summed E-state index contributed by atoms with van der Waals surface area (Å²) in [5.74, 6) is 1.08. The lowest BCUT2D eigenvalue weighted by molar-refractivity contribution is 0.0804. The summed E-state index contributed by atoms with van der Waals surface area (Å²) in [7, 11) is 1.76. The van der Waals surface area contributed by atoms with Crippen molar-refractivity contribution in [3.63, 3.8) is 0 Å². The third-order valence-electron chi connectivity index (χ3n) is 2.09. The monoisotopic (exact) mass is 303 g/mol. The van der Waals surface area contributed by atoms with Crippen LogP contribution in [0.3, 0.4) is 0 Å². The van der Waals surface area contributed by atoms with Gasteiger partial charge in [-0.25, -0.2) is 4.98 Å². The van der Waals surface area contributed by atoms with E-state index < -0.39 is 0 Å². The normalized spacial score (nSPS) is 10.2. The van der Waals surface area contributed by atoms with E-state index in [4.69, 9.17) is 5.73 Å². The molecule has 0 bridgehead atoms. The van der Waals surface area contributed by atoms with E-state index in [2.05, 4.69) is 20.9 Å². The van der Waals surface area contributed by atoms with Gasteiger partial charge >= 0.3 is 0 Å². The molecule has 0 aliphatic rings. The first-order valence-corrected chi connectivity index (χ1v) is 6.90. The summed E-state index contributed by atoms with van der Waals surface area (Å²) >= 11 is 4.97. The highest BCUT2D eigenvalue weighted by Gasteiger charge is 2.15. The molecule has 0 fully saturated rings. The van der Waals surface area contributed by atoms with Crippen LogP contribution < -0.4 is 5.73 Å². The van der Waals surface area contributed by atoms with E-state index in [1.807, 2.05) is 6.26 Å². The molecular formula is C10H14BrN3OS. The number of hydrogen-bond acceptors (Lipinski definition) is 4. The Bertz CT molecular complexity index is 386. The van der Waals surface area contributed by atoms with Gasteiger partial charge in [0.15, 0.2) is 0 Å². The molecule has 0 spiro atoms. The van der Waals surface area contributed by atoms with E-state index in [9.17, 15) is 4.79 Å². The SMILES string of the molecule is CSCCN(C)C(=O)c1cc(Br)cnc1N. The summed E-state index contributed by atoms with van der Waals surface area (Å²) in [6, 6.07) is 1.69. The second-order valence-electron chi connectivity index (χ2n) is 3.31. The van der Waals surface area contributed by atoms with Gasteiger partial charge in [0, 0.05) is 30.0 Å². The number of aromatic nitrogens is 1. The van der Waals surface area contributed by atoms with Crippen LogP contribution in [-0.2, 0) is 0 Å². The number of rotatable bonds is 4. The number of halogens is 1. The molecule has 1 heterocycles. The molecule has 0 saturated heterocycles. The Morgan fingerprint density at radius 3 is 3.00 bits per heavy atom. The van der Waals surface area contributed by atoms with E-state index in [0.29, 0.717) is 12.1 Å². The minimum absolute atomic E-state index is 0.0969. The molecular weight excluding hydrogens is 290 g/mol. The maximum Gasteiger partial charge on any atom is 0.257 e. The average Bonchev–Trinajstić information content (AvgIpc) is 2.28. The number of carbonyl (C=O) groups is 1. The van der Waals surface area contributed by atoms with Gasteiger partial charge in [0.2, 0.25) is 0 Å². The van der Waals surface area contributed by atoms with E-state index in [-0.39, 0.29) is 11.7 Å². The van der Waals surface area contributed by atoms with Crippen molar-refractivity contribution in [3.05, 3.63) is 22.3 Å². The number of thioether (sulfide) groups is 1. The zero-order valence-electron chi connectivity index (χ0n) is 9.24. The van der Waals surface area contributed by atoms with Gasteiger partial charge in [0.25, 0.3) is 5.91 Å². The van der Waals surface area contributed by atoms with Gasteiger partial charge in [-0.1, -0.05) is 0 Å². The first-order valence-electron chi connectivity index (χ1n) is 4.71. The highest BCUT2D eigenvalue weighted by atomic mass is 79.9. The van der Waals surface area contributed by atoms with Gasteiger partial charge in [-0.3, -0.25) is 4.79 Å². The number of nitrogen functional groups attached to an aromatic ring is 1. The minimum Gasteiger partial charge on any atom is -0.383 e. The Morgan fingerprint density at radius 1 is 1.69 bits per heavy atom. The van der Waals surface area contributed by atoms with Crippen LogP contribution >= 0.6 is 27.7 Å². The van der Waals surface area contributed by atoms with Crippen molar-refractivity contribution in [1.29, 1.82) is 0 Å². The predicted octanol–water partition coefficient (Wildman–Crippen LogP) is 1.86. The van der Waals surface area contributed by atoms with Crippen LogP contribution in [0.15, 0.2) is 16.7 Å². The van der Waals surface area contributed by atoms with Crippen molar-refractivity contribution in [2.75, 3.05) is 31.3 Å². The van der Waals surface area contributed by atoms with Crippen LogP contribution in [0.5, 0.6) is 0 Å². The molecule has 0 saturated carbocycles. The van der Waals surface area contributed by atoms with E-state index >= 15 is 0 Å². The van der Waals surface area contributed by atoms with Gasteiger partial charge in [-0.2, -0.15) is 11.8 Å². The second-order valence-corrected chi connectivity index (χ2v) is 5.21. The highest BCUT2D eigenvalue weighted by Crippen LogP contribution is 2.17. The Balaban J connectivity index is 2.83. The lowest BCUT2D eigenvalue weighted by Crippen LogP contribution is -2.29. The molecule has 1 aromatic heterocycles. The van der Waals surface area contributed by atoms with Crippen molar-refractivity contribution in [2.45, 2.75) is 0 Å². The van der Waals surface area contributed by atoms with Crippen LogP contribution in [0.25, 0.3) is 0 Å². The Morgan fingerprint density at radius 2 is 2.38 bits per heavy atom. The van der Waals surface area contributed by atoms with Gasteiger partial charge in [-0.05, 0) is 28.3 Å². The molecule has 4 nitrogen and oxygen atoms in total. The fourth-order valence-corrected chi connectivity index (χ4v) is 1.94. The van der Waals surface area contributed by atoms with Crippen molar-refractivity contribution < 1.29 is 4.79 Å². The average molecular weight is 304 g/mol. The largest absolute Gasteiger partial charge is 0.383 e. The summed E-state index contributed by atoms with van der Waals surface area (Å²) in [6.45, 7) is 0.700. The molecule has 0 radical (unpaired) electrons. The van der Waals surface area contributed by atoms with Crippen molar-refractivity contribution in [2.24, 2.45) is 0 Å².